The van der Waals surface area contributed by atoms with Gasteiger partial charge in [0.05, 0.1) is 25.4 Å². The number of hydrogen-bond donors (Lipinski definition) is 0. The predicted octanol–water partition coefficient (Wildman–Crippen LogP) is 4.84. The number of benzene rings is 3. The molecule has 0 spiro atoms. The first kappa shape index (κ1) is 24.5. The molecular weight excluding hydrogens is 472 g/mol. The zero-order valence-electron chi connectivity index (χ0n) is 20.5. The number of carbonyl (C=O) groups excluding carboxylic acids is 1. The maximum absolute atomic E-state index is 13.6. The lowest BCUT2D eigenvalue weighted by Crippen LogP contribution is -2.49. The van der Waals surface area contributed by atoms with Gasteiger partial charge in [-0.05, 0) is 29.3 Å². The number of methoxy groups -OCH3 is 1. The molecular formula is C29H31ClN4O2. The van der Waals surface area contributed by atoms with Gasteiger partial charge in [-0.2, -0.15) is 5.10 Å². The largest absolute Gasteiger partial charge is 0.497 e. The van der Waals surface area contributed by atoms with Crippen molar-refractivity contribution >= 4 is 23.2 Å². The van der Waals surface area contributed by atoms with Gasteiger partial charge < -0.3 is 4.74 Å². The Bertz CT molecular complexity index is 1210. The molecule has 0 saturated carbocycles. The molecule has 0 bridgehead atoms. The second-order valence-corrected chi connectivity index (χ2v) is 9.70. The number of piperazine rings is 1. The van der Waals surface area contributed by atoms with Crippen molar-refractivity contribution in [3.8, 4) is 5.75 Å². The van der Waals surface area contributed by atoms with E-state index in [1.807, 2.05) is 54.6 Å². The first-order valence-electron chi connectivity index (χ1n) is 12.4. The molecule has 2 heterocycles. The molecule has 36 heavy (non-hydrogen) atoms. The van der Waals surface area contributed by atoms with E-state index in [1.54, 1.807) is 12.1 Å². The maximum atomic E-state index is 13.6. The molecule has 3 aromatic carbocycles. The van der Waals surface area contributed by atoms with Crippen LogP contribution in [0.15, 0.2) is 84.0 Å². The molecule has 2 aliphatic rings. The van der Waals surface area contributed by atoms with E-state index < -0.39 is 0 Å². The Kier molecular flexibility index (Phi) is 7.66. The molecule has 3 aromatic rings. The third kappa shape index (κ3) is 5.62. The monoisotopic (exact) mass is 502 g/mol. The maximum Gasteiger partial charge on any atom is 0.257 e. The molecule has 1 fully saturated rings. The molecule has 0 aliphatic carbocycles. The van der Waals surface area contributed by atoms with Crippen molar-refractivity contribution in [3.05, 3.63) is 101 Å². The summed E-state index contributed by atoms with van der Waals surface area (Å²) < 4.78 is 5.32. The molecule has 1 amide bonds. The van der Waals surface area contributed by atoms with E-state index in [0.717, 1.165) is 55.3 Å². The van der Waals surface area contributed by atoms with Crippen molar-refractivity contribution in [2.75, 3.05) is 39.8 Å². The van der Waals surface area contributed by atoms with Gasteiger partial charge in [-0.3, -0.25) is 14.6 Å². The topological polar surface area (TPSA) is 48.4 Å². The van der Waals surface area contributed by atoms with Crippen molar-refractivity contribution in [2.45, 2.75) is 19.0 Å². The molecule has 186 valence electrons. The number of hydrogen-bond acceptors (Lipinski definition) is 5. The van der Waals surface area contributed by atoms with E-state index >= 15 is 0 Å². The van der Waals surface area contributed by atoms with Gasteiger partial charge in [-0.1, -0.05) is 72.3 Å². The van der Waals surface area contributed by atoms with E-state index in [2.05, 4.69) is 34.1 Å². The number of nitrogens with zero attached hydrogens (tertiary/aromatic N) is 4. The number of carbonyl (C=O) groups is 1. The van der Waals surface area contributed by atoms with E-state index in [1.165, 1.54) is 5.56 Å². The Balaban J connectivity index is 1.28. The molecule has 1 saturated heterocycles. The minimum absolute atomic E-state index is 0.00869. The number of hydrazone groups is 1. The molecule has 0 N–H and O–H groups in total. The second-order valence-electron chi connectivity index (χ2n) is 9.30. The van der Waals surface area contributed by atoms with Gasteiger partial charge in [-0.15, -0.1) is 0 Å². The van der Waals surface area contributed by atoms with Gasteiger partial charge in [0.1, 0.15) is 5.75 Å². The van der Waals surface area contributed by atoms with E-state index in [4.69, 9.17) is 21.4 Å². The Labute approximate surface area is 217 Å². The quantitative estimate of drug-likeness (QED) is 0.463. The minimum Gasteiger partial charge on any atom is -0.497 e. The standard InChI is InChI=1S/C29H31ClN4O2/c1-36-24-13-11-23(12-14-24)28-19-27(25-9-5-6-10-26(25)30)31-34(28)29(35)21-33-17-15-32(16-18-33)20-22-7-3-2-4-8-22/h2-14,28H,15-21H2,1H3/t28-/m1/s1. The molecule has 1 atom stereocenters. The lowest BCUT2D eigenvalue weighted by Gasteiger charge is -2.35. The Morgan fingerprint density at radius 1 is 0.917 bits per heavy atom. The van der Waals surface area contributed by atoms with Gasteiger partial charge >= 0.3 is 0 Å². The SMILES string of the molecule is COc1ccc([C@H]2CC(c3ccccc3Cl)=NN2C(=O)CN2CCN(Cc3ccccc3)CC2)cc1. The molecule has 5 rings (SSSR count). The Morgan fingerprint density at radius 2 is 1.58 bits per heavy atom. The van der Waals surface area contributed by atoms with Crippen LogP contribution in [0.5, 0.6) is 5.75 Å². The second kappa shape index (κ2) is 11.2. The molecule has 2 aliphatic heterocycles. The van der Waals surface area contributed by atoms with Crippen molar-refractivity contribution < 1.29 is 9.53 Å². The highest BCUT2D eigenvalue weighted by molar-refractivity contribution is 6.34. The summed E-state index contributed by atoms with van der Waals surface area (Å²) in [4.78, 5) is 18.2. The van der Waals surface area contributed by atoms with Gasteiger partial charge in [0.2, 0.25) is 0 Å². The predicted molar refractivity (Wildman–Crippen MR) is 143 cm³/mol. The zero-order chi connectivity index (χ0) is 24.9. The molecule has 0 unspecified atom stereocenters. The van der Waals surface area contributed by atoms with Crippen LogP contribution >= 0.6 is 11.6 Å². The van der Waals surface area contributed by atoms with Crippen LogP contribution < -0.4 is 4.74 Å². The molecule has 0 aromatic heterocycles. The summed E-state index contributed by atoms with van der Waals surface area (Å²) in [5.41, 5.74) is 4.07. The summed E-state index contributed by atoms with van der Waals surface area (Å²) >= 11 is 6.48. The van der Waals surface area contributed by atoms with Crippen molar-refractivity contribution in [2.24, 2.45) is 5.10 Å². The first-order valence-corrected chi connectivity index (χ1v) is 12.8. The summed E-state index contributed by atoms with van der Waals surface area (Å²) in [5.74, 6) is 0.796. The number of ether oxygens (including phenoxy) is 1. The summed E-state index contributed by atoms with van der Waals surface area (Å²) in [7, 11) is 1.65. The van der Waals surface area contributed by atoms with Crippen LogP contribution in [0.2, 0.25) is 5.02 Å². The van der Waals surface area contributed by atoms with Gasteiger partial charge in [0.25, 0.3) is 5.91 Å². The van der Waals surface area contributed by atoms with Crippen LogP contribution in [0.1, 0.15) is 29.2 Å². The van der Waals surface area contributed by atoms with E-state index in [0.29, 0.717) is 18.0 Å². The van der Waals surface area contributed by atoms with Crippen molar-refractivity contribution in [1.82, 2.24) is 14.8 Å². The van der Waals surface area contributed by atoms with Crippen LogP contribution in [0.4, 0.5) is 0 Å². The highest BCUT2D eigenvalue weighted by atomic mass is 35.5. The van der Waals surface area contributed by atoms with Crippen LogP contribution in [-0.4, -0.2) is 66.3 Å². The highest BCUT2D eigenvalue weighted by Crippen LogP contribution is 2.35. The summed E-state index contributed by atoms with van der Waals surface area (Å²) in [5, 5.41) is 7.11. The number of rotatable bonds is 7. The Hall–Kier alpha value is -3.19. The zero-order valence-corrected chi connectivity index (χ0v) is 21.3. The number of amides is 1. The van der Waals surface area contributed by atoms with Gasteiger partial charge in [-0.25, -0.2) is 5.01 Å². The third-order valence-electron chi connectivity index (χ3n) is 6.92. The first-order chi connectivity index (χ1) is 17.6. The van der Waals surface area contributed by atoms with Gasteiger partial charge in [0.15, 0.2) is 0 Å². The van der Waals surface area contributed by atoms with Crippen molar-refractivity contribution in [3.63, 3.8) is 0 Å². The fourth-order valence-electron chi connectivity index (χ4n) is 4.89. The normalized spacial score (nSPS) is 18.8. The van der Waals surface area contributed by atoms with E-state index in [9.17, 15) is 4.79 Å². The molecule has 7 heteroatoms. The lowest BCUT2D eigenvalue weighted by atomic mass is 9.98. The minimum atomic E-state index is -0.172. The van der Waals surface area contributed by atoms with Gasteiger partial charge in [0, 0.05) is 49.7 Å². The lowest BCUT2D eigenvalue weighted by molar-refractivity contribution is -0.134. The summed E-state index contributed by atoms with van der Waals surface area (Å²) in [6.45, 7) is 4.91. The Morgan fingerprint density at radius 3 is 2.28 bits per heavy atom. The van der Waals surface area contributed by atoms with Crippen LogP contribution in [-0.2, 0) is 11.3 Å². The summed E-state index contributed by atoms with van der Waals surface area (Å²) in [6.07, 6.45) is 0.618. The molecule has 0 radical (unpaired) electrons. The number of halogens is 1. The smallest absolute Gasteiger partial charge is 0.257 e. The third-order valence-corrected chi connectivity index (χ3v) is 7.25. The van der Waals surface area contributed by atoms with Crippen molar-refractivity contribution in [1.29, 1.82) is 0 Å². The average Bonchev–Trinajstić information content (AvgIpc) is 3.36. The highest BCUT2D eigenvalue weighted by Gasteiger charge is 2.34. The van der Waals surface area contributed by atoms with Crippen LogP contribution in [0.25, 0.3) is 0 Å². The average molecular weight is 503 g/mol. The molecule has 6 nitrogen and oxygen atoms in total. The van der Waals surface area contributed by atoms with E-state index in [-0.39, 0.29) is 11.9 Å². The fourth-order valence-corrected chi connectivity index (χ4v) is 5.14. The fraction of sp³-hybridized carbons (Fsp3) is 0.310. The van der Waals surface area contributed by atoms with Crippen LogP contribution in [0.3, 0.4) is 0 Å². The van der Waals surface area contributed by atoms with Crippen LogP contribution in [0, 0.1) is 0 Å². The summed E-state index contributed by atoms with van der Waals surface area (Å²) in [6, 6.07) is 25.9.